The number of rotatable bonds is 3. The van der Waals surface area contributed by atoms with Crippen molar-refractivity contribution in [3.05, 3.63) is 11.6 Å². The molecule has 68 valence electrons. The van der Waals surface area contributed by atoms with E-state index in [0.29, 0.717) is 0 Å². The van der Waals surface area contributed by atoms with Crippen LogP contribution in [0.25, 0.3) is 0 Å². The summed E-state index contributed by atoms with van der Waals surface area (Å²) < 4.78 is 0. The zero-order chi connectivity index (χ0) is 9.72. The smallest absolute Gasteiger partial charge is 0.325 e. The van der Waals surface area contributed by atoms with Crippen LogP contribution >= 0.6 is 0 Å². The van der Waals surface area contributed by atoms with Crippen molar-refractivity contribution >= 4 is 11.9 Å². The monoisotopic (exact) mass is 171 g/mol. The molecule has 0 bridgehead atoms. The molecule has 0 saturated heterocycles. The van der Waals surface area contributed by atoms with Gasteiger partial charge in [-0.25, -0.2) is 0 Å². The molecular weight excluding hydrogens is 158 g/mol. The van der Waals surface area contributed by atoms with Crippen molar-refractivity contribution in [2.24, 2.45) is 0 Å². The summed E-state index contributed by atoms with van der Waals surface area (Å²) in [6, 6.07) is -0.840. The highest BCUT2D eigenvalue weighted by Crippen LogP contribution is 1.89. The number of carboxylic acids is 1. The molecule has 1 atom stereocenters. The van der Waals surface area contributed by atoms with Gasteiger partial charge in [-0.05, 0) is 20.8 Å². The Bertz CT molecular complexity index is 216. The molecule has 0 saturated carbocycles. The second-order valence-corrected chi connectivity index (χ2v) is 2.79. The number of hydrogen-bond donors (Lipinski definition) is 2. The molecule has 0 heterocycles. The van der Waals surface area contributed by atoms with Crippen LogP contribution in [0.1, 0.15) is 20.8 Å². The summed E-state index contributed by atoms with van der Waals surface area (Å²) in [4.78, 5) is 21.2. The Balaban J connectivity index is 4.02. The first-order valence-corrected chi connectivity index (χ1v) is 3.61. The highest BCUT2D eigenvalue weighted by molar-refractivity contribution is 5.91. The van der Waals surface area contributed by atoms with Crippen molar-refractivity contribution < 1.29 is 14.7 Å². The summed E-state index contributed by atoms with van der Waals surface area (Å²) in [7, 11) is 0. The summed E-state index contributed by atoms with van der Waals surface area (Å²) in [6.07, 6.45) is 1.36. The Morgan fingerprint density at radius 1 is 1.42 bits per heavy atom. The molecule has 0 radical (unpaired) electrons. The number of amides is 1. The number of nitrogens with one attached hydrogen (secondary N) is 1. The summed E-state index contributed by atoms with van der Waals surface area (Å²) in [5.74, 6) is -1.41. The predicted octanol–water partition coefficient (Wildman–Crippen LogP) is 0.542. The molecule has 1 amide bonds. The number of aliphatic carboxylic acids is 1. The molecule has 12 heavy (non-hydrogen) atoms. The average Bonchev–Trinajstić information content (AvgIpc) is 1.84. The van der Waals surface area contributed by atoms with E-state index in [1.165, 1.54) is 13.0 Å². The van der Waals surface area contributed by atoms with Gasteiger partial charge in [-0.15, -0.1) is 0 Å². The molecule has 2 N–H and O–H groups in total. The largest absolute Gasteiger partial charge is 0.480 e. The van der Waals surface area contributed by atoms with Crippen LogP contribution < -0.4 is 5.32 Å². The lowest BCUT2D eigenvalue weighted by Gasteiger charge is -2.06. The minimum absolute atomic E-state index is 0.370. The van der Waals surface area contributed by atoms with E-state index in [4.69, 9.17) is 5.11 Å². The molecule has 4 nitrogen and oxygen atoms in total. The maximum absolute atomic E-state index is 10.9. The van der Waals surface area contributed by atoms with Gasteiger partial charge in [-0.3, -0.25) is 9.59 Å². The van der Waals surface area contributed by atoms with Gasteiger partial charge in [0.15, 0.2) is 0 Å². The van der Waals surface area contributed by atoms with Crippen LogP contribution in [0.15, 0.2) is 11.6 Å². The number of carbonyl (C=O) groups excluding carboxylic acids is 1. The maximum atomic E-state index is 10.9. The van der Waals surface area contributed by atoms with E-state index in [0.717, 1.165) is 5.57 Å². The van der Waals surface area contributed by atoms with Crippen LogP contribution in [0.2, 0.25) is 0 Å². The van der Waals surface area contributed by atoms with Crippen molar-refractivity contribution in [3.8, 4) is 0 Å². The van der Waals surface area contributed by atoms with Gasteiger partial charge < -0.3 is 10.4 Å². The lowest BCUT2D eigenvalue weighted by molar-refractivity contribution is -0.140. The fraction of sp³-hybridized carbons (Fsp3) is 0.500. The van der Waals surface area contributed by atoms with E-state index in [9.17, 15) is 9.59 Å². The molecule has 0 aromatic carbocycles. The van der Waals surface area contributed by atoms with E-state index in [-0.39, 0.29) is 5.91 Å². The van der Waals surface area contributed by atoms with Crippen molar-refractivity contribution in [1.82, 2.24) is 5.32 Å². The third-order valence-electron chi connectivity index (χ3n) is 1.15. The van der Waals surface area contributed by atoms with E-state index in [2.05, 4.69) is 5.32 Å². The van der Waals surface area contributed by atoms with Gasteiger partial charge in [0.2, 0.25) is 5.91 Å². The minimum Gasteiger partial charge on any atom is -0.480 e. The Morgan fingerprint density at radius 2 is 1.92 bits per heavy atom. The zero-order valence-corrected chi connectivity index (χ0v) is 7.42. The first kappa shape index (κ1) is 10.7. The Labute approximate surface area is 71.3 Å². The normalized spacial score (nSPS) is 11.6. The molecule has 4 heteroatoms. The second kappa shape index (κ2) is 4.54. The number of allylic oxidation sites excluding steroid dienone is 1. The Morgan fingerprint density at radius 3 is 2.25 bits per heavy atom. The van der Waals surface area contributed by atoms with Crippen molar-refractivity contribution in [2.45, 2.75) is 26.8 Å². The SMILES string of the molecule is CC(C)=CC(=O)N[C@H](C)C(=O)O. The average molecular weight is 171 g/mol. The fourth-order valence-electron chi connectivity index (χ4n) is 0.579. The quantitative estimate of drug-likeness (QED) is 0.609. The summed E-state index contributed by atoms with van der Waals surface area (Å²) >= 11 is 0. The van der Waals surface area contributed by atoms with Crippen molar-refractivity contribution in [2.75, 3.05) is 0 Å². The van der Waals surface area contributed by atoms with Crippen LogP contribution in [0.5, 0.6) is 0 Å². The Hall–Kier alpha value is -1.32. The van der Waals surface area contributed by atoms with Crippen LogP contribution in [-0.2, 0) is 9.59 Å². The molecule has 0 aliphatic heterocycles. The molecule has 0 spiro atoms. The Kier molecular flexibility index (Phi) is 4.04. The molecule has 0 aromatic heterocycles. The molecule has 0 fully saturated rings. The molecule has 0 aliphatic rings. The van der Waals surface area contributed by atoms with Gasteiger partial charge in [0.1, 0.15) is 6.04 Å². The molecule has 0 unspecified atom stereocenters. The van der Waals surface area contributed by atoms with Gasteiger partial charge >= 0.3 is 5.97 Å². The predicted molar refractivity (Wildman–Crippen MR) is 44.7 cm³/mol. The maximum Gasteiger partial charge on any atom is 0.325 e. The summed E-state index contributed by atoms with van der Waals surface area (Å²) in [5, 5.41) is 10.7. The van der Waals surface area contributed by atoms with Gasteiger partial charge in [0.25, 0.3) is 0 Å². The molecule has 0 aliphatic carbocycles. The highest BCUT2D eigenvalue weighted by atomic mass is 16.4. The van der Waals surface area contributed by atoms with E-state index in [1.54, 1.807) is 13.8 Å². The third-order valence-corrected chi connectivity index (χ3v) is 1.15. The number of carbonyl (C=O) groups is 2. The van der Waals surface area contributed by atoms with E-state index < -0.39 is 12.0 Å². The standard InChI is InChI=1S/C8H13NO3/c1-5(2)4-7(10)9-6(3)8(11)12/h4,6H,1-3H3,(H,9,10)(H,11,12)/t6-/m1/s1. The third kappa shape index (κ3) is 4.49. The minimum atomic E-state index is -1.04. The first-order chi connectivity index (χ1) is 5.43. The van der Waals surface area contributed by atoms with Crippen LogP contribution in [-0.4, -0.2) is 23.0 Å². The number of carboxylic acid groups (broad SMARTS) is 1. The fourth-order valence-corrected chi connectivity index (χ4v) is 0.579. The topological polar surface area (TPSA) is 66.4 Å². The second-order valence-electron chi connectivity index (χ2n) is 2.79. The van der Waals surface area contributed by atoms with Crippen LogP contribution in [0.4, 0.5) is 0 Å². The summed E-state index contributed by atoms with van der Waals surface area (Å²) in [5.41, 5.74) is 0.838. The molecule has 0 rings (SSSR count). The zero-order valence-electron chi connectivity index (χ0n) is 7.42. The lowest BCUT2D eigenvalue weighted by atomic mass is 10.3. The van der Waals surface area contributed by atoms with Crippen molar-refractivity contribution in [3.63, 3.8) is 0 Å². The van der Waals surface area contributed by atoms with Gasteiger partial charge in [0, 0.05) is 6.08 Å². The molecule has 0 aromatic rings. The first-order valence-electron chi connectivity index (χ1n) is 3.61. The van der Waals surface area contributed by atoms with Crippen molar-refractivity contribution in [1.29, 1.82) is 0 Å². The lowest BCUT2D eigenvalue weighted by Crippen LogP contribution is -2.37. The van der Waals surface area contributed by atoms with Gasteiger partial charge in [0.05, 0.1) is 0 Å². The van der Waals surface area contributed by atoms with E-state index in [1.807, 2.05) is 0 Å². The number of hydrogen-bond acceptors (Lipinski definition) is 2. The van der Waals surface area contributed by atoms with Crippen LogP contribution in [0.3, 0.4) is 0 Å². The highest BCUT2D eigenvalue weighted by Gasteiger charge is 2.11. The van der Waals surface area contributed by atoms with E-state index >= 15 is 0 Å². The molecular formula is C8H13NO3. The van der Waals surface area contributed by atoms with Crippen LogP contribution in [0, 0.1) is 0 Å². The summed E-state index contributed by atoms with van der Waals surface area (Å²) in [6.45, 7) is 4.95. The van der Waals surface area contributed by atoms with Gasteiger partial charge in [-0.1, -0.05) is 5.57 Å². The van der Waals surface area contributed by atoms with Gasteiger partial charge in [-0.2, -0.15) is 0 Å².